The summed E-state index contributed by atoms with van der Waals surface area (Å²) < 4.78 is 12.4. The van der Waals surface area contributed by atoms with E-state index in [-0.39, 0.29) is 11.0 Å². The van der Waals surface area contributed by atoms with Crippen molar-refractivity contribution in [2.75, 3.05) is 11.9 Å². The molecule has 0 heterocycles. The molecule has 0 spiro atoms. The highest BCUT2D eigenvalue weighted by atomic mass is 79.9. The minimum atomic E-state index is -0.337. The third-order valence-electron chi connectivity index (χ3n) is 4.73. The zero-order chi connectivity index (χ0) is 23.6. The van der Waals surface area contributed by atoms with Gasteiger partial charge in [-0.3, -0.25) is 10.1 Å². The van der Waals surface area contributed by atoms with Gasteiger partial charge < -0.3 is 14.8 Å². The fourth-order valence-corrected chi connectivity index (χ4v) is 3.49. The molecule has 7 heteroatoms. The number of thiocarbonyl (C=S) groups is 1. The molecule has 0 unspecified atom stereocenters. The number of anilines is 1. The van der Waals surface area contributed by atoms with Crippen molar-refractivity contribution in [3.05, 3.63) is 88.4 Å². The second-order valence-electron chi connectivity index (χ2n) is 7.88. The third-order valence-corrected chi connectivity index (χ3v) is 5.42. The summed E-state index contributed by atoms with van der Waals surface area (Å²) in [7, 11) is 0. The predicted molar refractivity (Wildman–Crippen MR) is 140 cm³/mol. The van der Waals surface area contributed by atoms with Crippen molar-refractivity contribution in [1.82, 2.24) is 5.32 Å². The second-order valence-corrected chi connectivity index (χ2v) is 9.20. The van der Waals surface area contributed by atoms with Crippen LogP contribution in [-0.2, 0) is 6.61 Å². The first-order chi connectivity index (χ1) is 15.9. The number of ether oxygens (including phenoxy) is 2. The zero-order valence-corrected chi connectivity index (χ0v) is 21.0. The van der Waals surface area contributed by atoms with Crippen LogP contribution in [0.25, 0.3) is 0 Å². The van der Waals surface area contributed by atoms with Gasteiger partial charge in [0.1, 0.15) is 18.1 Å². The molecule has 3 aromatic carbocycles. The summed E-state index contributed by atoms with van der Waals surface area (Å²) in [6, 6.07) is 22.7. The Morgan fingerprint density at radius 2 is 1.73 bits per heavy atom. The van der Waals surface area contributed by atoms with E-state index in [0.717, 1.165) is 27.9 Å². The number of carbonyl (C=O) groups excluding carboxylic acids is 1. The van der Waals surface area contributed by atoms with Gasteiger partial charge in [0.15, 0.2) is 5.11 Å². The normalized spacial score (nSPS) is 10.5. The molecule has 0 saturated carbocycles. The van der Waals surface area contributed by atoms with Gasteiger partial charge in [0.25, 0.3) is 5.91 Å². The molecule has 0 saturated heterocycles. The quantitative estimate of drug-likeness (QED) is 0.308. The number of amides is 1. The summed E-state index contributed by atoms with van der Waals surface area (Å²) in [5, 5.41) is 5.95. The molecule has 5 nitrogen and oxygen atoms in total. The Morgan fingerprint density at radius 1 is 1.00 bits per heavy atom. The van der Waals surface area contributed by atoms with Crippen LogP contribution in [0.4, 0.5) is 5.69 Å². The van der Waals surface area contributed by atoms with Crippen LogP contribution in [0.1, 0.15) is 36.2 Å². The summed E-state index contributed by atoms with van der Waals surface area (Å²) in [6.45, 7) is 5.30. The van der Waals surface area contributed by atoms with Crippen molar-refractivity contribution in [1.29, 1.82) is 0 Å². The van der Waals surface area contributed by atoms with E-state index in [0.29, 0.717) is 30.4 Å². The van der Waals surface area contributed by atoms with E-state index in [1.165, 1.54) is 0 Å². The highest BCUT2D eigenvalue weighted by molar-refractivity contribution is 9.10. The summed E-state index contributed by atoms with van der Waals surface area (Å²) in [4.78, 5) is 12.8. The van der Waals surface area contributed by atoms with Gasteiger partial charge in [0, 0.05) is 10.2 Å². The van der Waals surface area contributed by atoms with Crippen LogP contribution in [0.5, 0.6) is 11.5 Å². The molecule has 3 rings (SSSR count). The molecule has 0 bridgehead atoms. The molecule has 2 N–H and O–H groups in total. The third kappa shape index (κ3) is 8.18. The Balaban J connectivity index is 1.55. The lowest BCUT2D eigenvalue weighted by molar-refractivity contribution is 0.0973. The van der Waals surface area contributed by atoms with E-state index in [4.69, 9.17) is 21.7 Å². The first kappa shape index (κ1) is 24.7. The lowest BCUT2D eigenvalue weighted by Gasteiger charge is -2.14. The summed E-state index contributed by atoms with van der Waals surface area (Å²) >= 11 is 8.75. The van der Waals surface area contributed by atoms with Gasteiger partial charge in [-0.1, -0.05) is 60.1 Å². The molecule has 0 aliphatic carbocycles. The topological polar surface area (TPSA) is 59.6 Å². The van der Waals surface area contributed by atoms with Crippen molar-refractivity contribution >= 4 is 44.9 Å². The van der Waals surface area contributed by atoms with Gasteiger partial charge in [-0.05, 0) is 72.6 Å². The molecule has 0 aliphatic heterocycles. The average Bonchev–Trinajstić information content (AvgIpc) is 2.80. The molecule has 3 aromatic rings. The van der Waals surface area contributed by atoms with E-state index in [2.05, 4.69) is 40.4 Å². The smallest absolute Gasteiger partial charge is 0.261 e. The van der Waals surface area contributed by atoms with Crippen LogP contribution >= 0.6 is 28.1 Å². The Morgan fingerprint density at radius 3 is 2.42 bits per heavy atom. The minimum absolute atomic E-state index is 0.200. The molecule has 0 fully saturated rings. The number of carbonyl (C=O) groups is 1. The van der Waals surface area contributed by atoms with Gasteiger partial charge in [0.05, 0.1) is 12.2 Å². The van der Waals surface area contributed by atoms with Crippen molar-refractivity contribution in [3.63, 3.8) is 0 Å². The number of nitrogens with one attached hydrogen (secondary N) is 2. The highest BCUT2D eigenvalue weighted by Crippen LogP contribution is 2.24. The molecule has 0 aliphatic rings. The first-order valence-electron chi connectivity index (χ1n) is 10.7. The Bertz CT molecular complexity index is 1070. The number of hydrogen-bond acceptors (Lipinski definition) is 4. The monoisotopic (exact) mass is 526 g/mol. The van der Waals surface area contributed by atoms with Gasteiger partial charge in [-0.15, -0.1) is 0 Å². The predicted octanol–water partition coefficient (Wildman–Crippen LogP) is 6.58. The lowest BCUT2D eigenvalue weighted by atomic mass is 10.1. The average molecular weight is 527 g/mol. The zero-order valence-electron chi connectivity index (χ0n) is 18.6. The fourth-order valence-electron chi connectivity index (χ4n) is 2.92. The van der Waals surface area contributed by atoms with Crippen LogP contribution in [0.2, 0.25) is 0 Å². The standard InChI is InChI=1S/C26H27BrN2O3S/c1-18(2)14-15-31-24-13-8-20(27)16-23(24)25(30)29-26(33)28-21-9-11-22(12-10-21)32-17-19-6-4-3-5-7-19/h3-13,16,18H,14-15,17H2,1-2H3,(H2,28,29,30,33). The maximum atomic E-state index is 12.8. The van der Waals surface area contributed by atoms with E-state index in [9.17, 15) is 4.79 Å². The fraction of sp³-hybridized carbons (Fsp3) is 0.231. The molecule has 0 atom stereocenters. The number of rotatable bonds is 9. The van der Waals surface area contributed by atoms with Crippen molar-refractivity contribution in [2.24, 2.45) is 5.92 Å². The molecular formula is C26H27BrN2O3S. The van der Waals surface area contributed by atoms with Gasteiger partial charge in [0.2, 0.25) is 0 Å². The van der Waals surface area contributed by atoms with Crippen LogP contribution in [0.15, 0.2) is 77.3 Å². The second kappa shape index (κ2) is 12.4. The first-order valence-corrected chi connectivity index (χ1v) is 11.9. The Labute approximate surface area is 208 Å². The van der Waals surface area contributed by atoms with Gasteiger partial charge >= 0.3 is 0 Å². The van der Waals surface area contributed by atoms with Crippen LogP contribution in [0.3, 0.4) is 0 Å². The summed E-state index contributed by atoms with van der Waals surface area (Å²) in [6.07, 6.45) is 0.905. The van der Waals surface area contributed by atoms with Crippen molar-refractivity contribution in [3.8, 4) is 11.5 Å². The molecular weight excluding hydrogens is 500 g/mol. The Kier molecular flexibility index (Phi) is 9.27. The molecule has 0 aromatic heterocycles. The van der Waals surface area contributed by atoms with Crippen molar-refractivity contribution < 1.29 is 14.3 Å². The summed E-state index contributed by atoms with van der Waals surface area (Å²) in [5.74, 6) is 1.46. The molecule has 33 heavy (non-hydrogen) atoms. The Hall–Kier alpha value is -2.90. The van der Waals surface area contributed by atoms with Crippen LogP contribution in [-0.4, -0.2) is 17.6 Å². The molecule has 0 radical (unpaired) electrons. The van der Waals surface area contributed by atoms with E-state index >= 15 is 0 Å². The molecule has 1 amide bonds. The van der Waals surface area contributed by atoms with Crippen LogP contribution < -0.4 is 20.1 Å². The maximum Gasteiger partial charge on any atom is 0.261 e. The van der Waals surface area contributed by atoms with Gasteiger partial charge in [-0.25, -0.2) is 0 Å². The molecule has 172 valence electrons. The SMILES string of the molecule is CC(C)CCOc1ccc(Br)cc1C(=O)NC(=S)Nc1ccc(OCc2ccccc2)cc1. The number of hydrogen-bond donors (Lipinski definition) is 2. The maximum absolute atomic E-state index is 12.8. The van der Waals surface area contributed by atoms with Gasteiger partial charge in [-0.2, -0.15) is 0 Å². The van der Waals surface area contributed by atoms with E-state index in [1.54, 1.807) is 12.1 Å². The highest BCUT2D eigenvalue weighted by Gasteiger charge is 2.15. The number of benzene rings is 3. The largest absolute Gasteiger partial charge is 0.493 e. The van der Waals surface area contributed by atoms with Crippen molar-refractivity contribution in [2.45, 2.75) is 26.9 Å². The summed E-state index contributed by atoms with van der Waals surface area (Å²) in [5.41, 5.74) is 2.26. The minimum Gasteiger partial charge on any atom is -0.493 e. The van der Waals surface area contributed by atoms with E-state index in [1.807, 2.05) is 60.7 Å². The van der Waals surface area contributed by atoms with E-state index < -0.39 is 0 Å². The van der Waals surface area contributed by atoms with Crippen LogP contribution in [0, 0.1) is 5.92 Å². The number of halogens is 1. The lowest BCUT2D eigenvalue weighted by Crippen LogP contribution is -2.34.